The van der Waals surface area contributed by atoms with Gasteiger partial charge in [0.05, 0.1) is 16.7 Å². The summed E-state index contributed by atoms with van der Waals surface area (Å²) in [6.07, 6.45) is 6.17. The Kier molecular flexibility index (Phi) is 4.17. The van der Waals surface area contributed by atoms with E-state index in [0.717, 1.165) is 30.4 Å². The van der Waals surface area contributed by atoms with Crippen LogP contribution in [0, 0.1) is 0 Å². The lowest BCUT2D eigenvalue weighted by molar-refractivity contribution is -0.132. The molecule has 0 unspecified atom stereocenters. The van der Waals surface area contributed by atoms with Crippen molar-refractivity contribution >= 4 is 21.8 Å². The molecule has 1 amide bonds. The largest absolute Gasteiger partial charge is 0.343 e. The van der Waals surface area contributed by atoms with Gasteiger partial charge in [-0.1, -0.05) is 0 Å². The molecule has 1 aliphatic rings. The highest BCUT2D eigenvalue weighted by atomic mass is 79.9. The predicted molar refractivity (Wildman–Crippen MR) is 68.4 cm³/mol. The zero-order valence-electron chi connectivity index (χ0n) is 9.68. The lowest BCUT2D eigenvalue weighted by Crippen LogP contribution is -2.39. The molecule has 0 spiro atoms. The summed E-state index contributed by atoms with van der Waals surface area (Å²) in [7, 11) is 0. The maximum absolute atomic E-state index is 11.7. The second kappa shape index (κ2) is 5.64. The van der Waals surface area contributed by atoms with Crippen molar-refractivity contribution in [2.45, 2.75) is 25.3 Å². The van der Waals surface area contributed by atoms with Crippen LogP contribution in [0.2, 0.25) is 0 Å². The zero-order chi connectivity index (χ0) is 12.3. The van der Waals surface area contributed by atoms with E-state index in [1.165, 1.54) is 0 Å². The summed E-state index contributed by atoms with van der Waals surface area (Å²) in [6.45, 7) is 2.05. The van der Waals surface area contributed by atoms with E-state index >= 15 is 0 Å². The highest BCUT2D eigenvalue weighted by molar-refractivity contribution is 9.10. The normalized spacial score (nSPS) is 17.4. The van der Waals surface area contributed by atoms with E-state index in [-0.39, 0.29) is 5.91 Å². The van der Waals surface area contributed by atoms with E-state index in [0.29, 0.717) is 19.0 Å². The number of rotatable bonds is 3. The molecule has 2 N–H and O–H groups in total. The van der Waals surface area contributed by atoms with Gasteiger partial charge in [0.15, 0.2) is 0 Å². The van der Waals surface area contributed by atoms with Gasteiger partial charge in [0.2, 0.25) is 5.91 Å². The smallest absolute Gasteiger partial charge is 0.223 e. The van der Waals surface area contributed by atoms with E-state index in [4.69, 9.17) is 5.73 Å². The third kappa shape index (κ3) is 3.07. The topological polar surface area (TPSA) is 64.2 Å². The average Bonchev–Trinajstić information content (AvgIpc) is 2.76. The molecule has 0 aliphatic carbocycles. The van der Waals surface area contributed by atoms with Crippen molar-refractivity contribution in [2.24, 2.45) is 5.73 Å². The molecule has 1 aromatic heterocycles. The number of amides is 1. The number of hydrogen-bond donors (Lipinski definition) is 1. The number of likely N-dealkylation sites (tertiary alicyclic amines) is 1. The van der Waals surface area contributed by atoms with Gasteiger partial charge in [-0.15, -0.1) is 0 Å². The Balaban J connectivity index is 1.88. The minimum absolute atomic E-state index is 0.174. The van der Waals surface area contributed by atoms with Gasteiger partial charge >= 0.3 is 0 Å². The number of carbonyl (C=O) groups is 1. The maximum Gasteiger partial charge on any atom is 0.223 e. The summed E-state index contributed by atoms with van der Waals surface area (Å²) < 4.78 is 2.98. The van der Waals surface area contributed by atoms with Crippen LogP contribution in [0.5, 0.6) is 0 Å². The summed E-state index contributed by atoms with van der Waals surface area (Å²) >= 11 is 3.39. The fourth-order valence-corrected chi connectivity index (χ4v) is 2.48. The third-order valence-corrected chi connectivity index (χ3v) is 3.53. The molecule has 0 aromatic carbocycles. The van der Waals surface area contributed by atoms with E-state index < -0.39 is 0 Å². The van der Waals surface area contributed by atoms with Crippen LogP contribution in [-0.4, -0.2) is 40.2 Å². The summed E-state index contributed by atoms with van der Waals surface area (Å²) in [5.74, 6) is 0.174. The first-order chi connectivity index (χ1) is 8.20. The fraction of sp³-hybridized carbons (Fsp3) is 0.636. The predicted octanol–water partition coefficient (Wildman–Crippen LogP) is 1.16. The molecule has 2 heterocycles. The number of nitrogens with two attached hydrogens (primary N) is 1. The molecule has 6 heteroatoms. The van der Waals surface area contributed by atoms with Crippen molar-refractivity contribution in [3.63, 3.8) is 0 Å². The molecule has 0 bridgehead atoms. The van der Waals surface area contributed by atoms with Crippen molar-refractivity contribution in [3.05, 3.63) is 16.9 Å². The molecule has 0 radical (unpaired) electrons. The molecule has 17 heavy (non-hydrogen) atoms. The lowest BCUT2D eigenvalue weighted by atomic mass is 10.1. The summed E-state index contributed by atoms with van der Waals surface area (Å²) in [4.78, 5) is 13.6. The minimum Gasteiger partial charge on any atom is -0.343 e. The quantitative estimate of drug-likeness (QED) is 0.911. The number of halogens is 1. The Morgan fingerprint density at radius 3 is 2.76 bits per heavy atom. The van der Waals surface area contributed by atoms with Gasteiger partial charge < -0.3 is 10.6 Å². The molecule has 5 nitrogen and oxygen atoms in total. The van der Waals surface area contributed by atoms with Crippen LogP contribution in [0.1, 0.15) is 25.3 Å². The van der Waals surface area contributed by atoms with Crippen molar-refractivity contribution < 1.29 is 4.79 Å². The van der Waals surface area contributed by atoms with Crippen LogP contribution in [0.25, 0.3) is 0 Å². The Labute approximate surface area is 109 Å². The number of carbonyl (C=O) groups excluding carboxylic acids is 1. The molecular weight excluding hydrogens is 284 g/mol. The molecule has 94 valence electrons. The molecular formula is C11H17BrN4O. The first-order valence-corrected chi connectivity index (χ1v) is 6.67. The summed E-state index contributed by atoms with van der Waals surface area (Å²) in [6, 6.07) is 0.406. The fourth-order valence-electron chi connectivity index (χ4n) is 2.18. The van der Waals surface area contributed by atoms with E-state index in [9.17, 15) is 4.79 Å². The number of aromatic nitrogens is 2. The highest BCUT2D eigenvalue weighted by Crippen LogP contribution is 2.23. The second-order valence-corrected chi connectivity index (χ2v) is 5.20. The second-order valence-electron chi connectivity index (χ2n) is 4.29. The molecule has 1 saturated heterocycles. The molecule has 0 atom stereocenters. The van der Waals surface area contributed by atoms with E-state index in [1.54, 1.807) is 6.20 Å². The van der Waals surface area contributed by atoms with Gasteiger partial charge in [-0.05, 0) is 28.8 Å². The summed E-state index contributed by atoms with van der Waals surface area (Å²) in [5.41, 5.74) is 5.39. The van der Waals surface area contributed by atoms with Crippen molar-refractivity contribution in [3.8, 4) is 0 Å². The third-order valence-electron chi connectivity index (χ3n) is 3.12. The molecule has 1 aliphatic heterocycles. The Bertz CT molecular complexity index is 385. The molecule has 1 aromatic rings. The van der Waals surface area contributed by atoms with Crippen LogP contribution in [0.15, 0.2) is 16.9 Å². The number of hydrogen-bond acceptors (Lipinski definition) is 3. The maximum atomic E-state index is 11.7. The highest BCUT2D eigenvalue weighted by Gasteiger charge is 2.23. The number of piperidine rings is 1. The van der Waals surface area contributed by atoms with Crippen molar-refractivity contribution in [1.29, 1.82) is 0 Å². The Morgan fingerprint density at radius 1 is 1.53 bits per heavy atom. The Morgan fingerprint density at radius 2 is 2.24 bits per heavy atom. The monoisotopic (exact) mass is 300 g/mol. The molecule has 1 fully saturated rings. The van der Waals surface area contributed by atoms with Crippen LogP contribution < -0.4 is 5.73 Å². The van der Waals surface area contributed by atoms with Gasteiger partial charge in [0, 0.05) is 32.3 Å². The van der Waals surface area contributed by atoms with Gasteiger partial charge in [-0.3, -0.25) is 9.48 Å². The van der Waals surface area contributed by atoms with Crippen molar-refractivity contribution in [2.75, 3.05) is 19.6 Å². The lowest BCUT2D eigenvalue weighted by Gasteiger charge is -2.32. The van der Waals surface area contributed by atoms with Crippen LogP contribution in [0.3, 0.4) is 0 Å². The van der Waals surface area contributed by atoms with Gasteiger partial charge in [-0.2, -0.15) is 5.10 Å². The molecule has 0 saturated carbocycles. The van der Waals surface area contributed by atoms with E-state index in [1.807, 2.05) is 15.8 Å². The van der Waals surface area contributed by atoms with Crippen LogP contribution in [0.4, 0.5) is 0 Å². The standard InChI is InChI=1S/C11H17BrN4O/c12-9-7-14-16(8-9)10-2-5-15(6-3-10)11(17)1-4-13/h7-8,10H,1-6,13H2. The van der Waals surface area contributed by atoms with Gasteiger partial charge in [0.1, 0.15) is 0 Å². The Hall–Kier alpha value is -0.880. The first-order valence-electron chi connectivity index (χ1n) is 5.88. The SMILES string of the molecule is NCCC(=O)N1CCC(n2cc(Br)cn2)CC1. The van der Waals surface area contributed by atoms with Gasteiger partial charge in [0.25, 0.3) is 0 Å². The average molecular weight is 301 g/mol. The zero-order valence-corrected chi connectivity index (χ0v) is 11.3. The summed E-state index contributed by atoms with van der Waals surface area (Å²) in [5, 5.41) is 4.29. The molecule has 2 rings (SSSR count). The number of nitrogens with zero attached hydrogens (tertiary/aromatic N) is 3. The van der Waals surface area contributed by atoms with Crippen LogP contribution >= 0.6 is 15.9 Å². The minimum atomic E-state index is 0.174. The van der Waals surface area contributed by atoms with E-state index in [2.05, 4.69) is 21.0 Å². The van der Waals surface area contributed by atoms with Crippen molar-refractivity contribution in [1.82, 2.24) is 14.7 Å². The van der Waals surface area contributed by atoms with Gasteiger partial charge in [-0.25, -0.2) is 0 Å². The first kappa shape index (κ1) is 12.6. The van der Waals surface area contributed by atoms with Crippen LogP contribution in [-0.2, 0) is 4.79 Å².